The van der Waals surface area contributed by atoms with Gasteiger partial charge in [0.05, 0.1) is 13.2 Å². The molecular weight excluding hydrogens is 216 g/mol. The molecule has 0 aromatic rings. The van der Waals surface area contributed by atoms with Gasteiger partial charge in [-0.1, -0.05) is 18.2 Å². The molecule has 0 bridgehead atoms. The lowest BCUT2D eigenvalue weighted by molar-refractivity contribution is -0.118. The first-order valence-electron chi connectivity index (χ1n) is 6.01. The number of carbonyl (C=O) groups is 2. The molecule has 0 amide bonds. The highest BCUT2D eigenvalue weighted by Gasteiger charge is 2.10. The van der Waals surface area contributed by atoms with Crippen molar-refractivity contribution in [3.8, 4) is 0 Å². The first-order chi connectivity index (χ1) is 8.08. The molecule has 0 saturated heterocycles. The number of ether oxygens (including phenoxy) is 1. The number of ketones is 2. The summed E-state index contributed by atoms with van der Waals surface area (Å²) in [5.74, 6) is 0.485. The maximum atomic E-state index is 11.0. The molecule has 0 spiro atoms. The molecule has 0 aliphatic heterocycles. The van der Waals surface area contributed by atoms with Gasteiger partial charge in [-0.15, -0.1) is 0 Å². The topological polar surface area (TPSA) is 43.4 Å². The van der Waals surface area contributed by atoms with Crippen molar-refractivity contribution in [3.05, 3.63) is 23.8 Å². The van der Waals surface area contributed by atoms with E-state index >= 15 is 0 Å². The van der Waals surface area contributed by atoms with Crippen LogP contribution in [0.25, 0.3) is 0 Å². The lowest BCUT2D eigenvalue weighted by atomic mass is 9.99. The average molecular weight is 236 g/mol. The highest BCUT2D eigenvalue weighted by atomic mass is 16.5. The summed E-state index contributed by atoms with van der Waals surface area (Å²) < 4.78 is 5.51. The second-order valence-electron chi connectivity index (χ2n) is 4.55. The molecule has 1 rings (SSSR count). The van der Waals surface area contributed by atoms with E-state index in [9.17, 15) is 9.59 Å². The summed E-state index contributed by atoms with van der Waals surface area (Å²) in [7, 11) is 0. The Hall–Kier alpha value is -1.22. The van der Waals surface area contributed by atoms with Gasteiger partial charge in [0.15, 0.2) is 0 Å². The average Bonchev–Trinajstić information content (AvgIpc) is 2.29. The van der Waals surface area contributed by atoms with E-state index in [0.717, 1.165) is 12.0 Å². The third-order valence-electron chi connectivity index (χ3n) is 2.77. The van der Waals surface area contributed by atoms with Crippen LogP contribution in [0.3, 0.4) is 0 Å². The van der Waals surface area contributed by atoms with Gasteiger partial charge < -0.3 is 9.53 Å². The van der Waals surface area contributed by atoms with E-state index in [1.165, 1.54) is 5.57 Å². The minimum atomic E-state index is 0.180. The van der Waals surface area contributed by atoms with Gasteiger partial charge in [0.1, 0.15) is 11.6 Å². The zero-order valence-electron chi connectivity index (χ0n) is 10.5. The molecule has 0 aromatic heterocycles. The Balaban J connectivity index is 2.13. The first kappa shape index (κ1) is 13.8. The van der Waals surface area contributed by atoms with Crippen molar-refractivity contribution < 1.29 is 14.3 Å². The van der Waals surface area contributed by atoms with Crippen molar-refractivity contribution in [1.29, 1.82) is 0 Å². The minimum absolute atomic E-state index is 0.180. The van der Waals surface area contributed by atoms with E-state index in [4.69, 9.17) is 4.74 Å². The van der Waals surface area contributed by atoms with Crippen molar-refractivity contribution >= 4 is 11.6 Å². The largest absolute Gasteiger partial charge is 0.373 e. The lowest BCUT2D eigenvalue weighted by Gasteiger charge is -2.13. The van der Waals surface area contributed by atoms with Crippen molar-refractivity contribution in [2.45, 2.75) is 39.0 Å². The minimum Gasteiger partial charge on any atom is -0.373 e. The molecule has 0 saturated carbocycles. The van der Waals surface area contributed by atoms with Gasteiger partial charge in [0, 0.05) is 19.3 Å². The van der Waals surface area contributed by atoms with Crippen LogP contribution in [0.1, 0.15) is 39.0 Å². The summed E-state index contributed by atoms with van der Waals surface area (Å²) in [4.78, 5) is 21.8. The SMILES string of the molecule is C=C(CCC(C)=O)COCC1=CCC(=O)CC1. The number of Topliss-reactive ketones (excluding diaryl/α,β-unsaturated/α-hetero) is 2. The summed E-state index contributed by atoms with van der Waals surface area (Å²) in [5, 5.41) is 0. The molecule has 0 N–H and O–H groups in total. The van der Waals surface area contributed by atoms with Crippen molar-refractivity contribution in [2.24, 2.45) is 0 Å². The maximum absolute atomic E-state index is 11.0. The number of rotatable bonds is 7. The molecule has 0 fully saturated rings. The molecule has 0 radical (unpaired) electrons. The van der Waals surface area contributed by atoms with Gasteiger partial charge in [-0.2, -0.15) is 0 Å². The Kier molecular flexibility index (Phi) is 5.84. The zero-order chi connectivity index (χ0) is 12.7. The molecule has 1 aliphatic carbocycles. The van der Waals surface area contributed by atoms with Crippen LogP contribution in [-0.4, -0.2) is 24.8 Å². The second kappa shape index (κ2) is 7.17. The Morgan fingerprint density at radius 3 is 2.76 bits per heavy atom. The highest BCUT2D eigenvalue weighted by molar-refractivity contribution is 5.81. The van der Waals surface area contributed by atoms with E-state index < -0.39 is 0 Å². The fraction of sp³-hybridized carbons (Fsp3) is 0.571. The fourth-order valence-electron chi connectivity index (χ4n) is 1.64. The van der Waals surface area contributed by atoms with Crippen molar-refractivity contribution in [1.82, 2.24) is 0 Å². The summed E-state index contributed by atoms with van der Waals surface area (Å²) in [6.45, 7) is 6.53. The smallest absolute Gasteiger partial charge is 0.136 e. The highest BCUT2D eigenvalue weighted by Crippen LogP contribution is 2.15. The molecule has 17 heavy (non-hydrogen) atoms. The monoisotopic (exact) mass is 236 g/mol. The first-order valence-corrected chi connectivity index (χ1v) is 6.01. The van der Waals surface area contributed by atoms with Gasteiger partial charge in [0.25, 0.3) is 0 Å². The molecule has 94 valence electrons. The van der Waals surface area contributed by atoms with Gasteiger partial charge in [0.2, 0.25) is 0 Å². The van der Waals surface area contributed by atoms with Crippen LogP contribution in [0.5, 0.6) is 0 Å². The molecule has 3 heteroatoms. The molecule has 0 unspecified atom stereocenters. The number of carbonyl (C=O) groups excluding carboxylic acids is 2. The zero-order valence-corrected chi connectivity index (χ0v) is 10.5. The third-order valence-corrected chi connectivity index (χ3v) is 2.77. The Bertz CT molecular complexity index is 339. The molecule has 0 heterocycles. The van der Waals surface area contributed by atoms with Crippen LogP contribution in [-0.2, 0) is 14.3 Å². The number of hydrogen-bond donors (Lipinski definition) is 0. The summed E-state index contributed by atoms with van der Waals surface area (Å²) >= 11 is 0. The van der Waals surface area contributed by atoms with Gasteiger partial charge >= 0.3 is 0 Å². The van der Waals surface area contributed by atoms with Crippen LogP contribution in [0.4, 0.5) is 0 Å². The molecule has 3 nitrogen and oxygen atoms in total. The number of allylic oxidation sites excluding steroid dienone is 1. The molecule has 0 atom stereocenters. The summed E-state index contributed by atoms with van der Waals surface area (Å²) in [5.41, 5.74) is 2.15. The lowest BCUT2D eigenvalue weighted by Crippen LogP contribution is -2.09. The quantitative estimate of drug-likeness (QED) is 0.638. The number of hydrogen-bond acceptors (Lipinski definition) is 3. The van der Waals surface area contributed by atoms with E-state index in [1.54, 1.807) is 6.92 Å². The predicted octanol–water partition coefficient (Wildman–Crippen LogP) is 2.61. The summed E-state index contributed by atoms with van der Waals surface area (Å²) in [6.07, 6.45) is 5.21. The summed E-state index contributed by atoms with van der Waals surface area (Å²) in [6, 6.07) is 0. The van der Waals surface area contributed by atoms with E-state index in [2.05, 4.69) is 6.58 Å². The second-order valence-corrected chi connectivity index (χ2v) is 4.55. The van der Waals surface area contributed by atoms with Crippen LogP contribution < -0.4 is 0 Å². The van der Waals surface area contributed by atoms with Crippen molar-refractivity contribution in [2.75, 3.05) is 13.2 Å². The van der Waals surface area contributed by atoms with Crippen LogP contribution in [0.2, 0.25) is 0 Å². The molecular formula is C14H20O3. The van der Waals surface area contributed by atoms with Gasteiger partial charge in [-0.25, -0.2) is 0 Å². The molecule has 1 aliphatic rings. The Morgan fingerprint density at radius 2 is 2.18 bits per heavy atom. The van der Waals surface area contributed by atoms with E-state index in [1.807, 2.05) is 6.08 Å². The molecule has 0 aromatic carbocycles. The van der Waals surface area contributed by atoms with E-state index in [0.29, 0.717) is 44.7 Å². The van der Waals surface area contributed by atoms with Gasteiger partial charge in [-0.3, -0.25) is 4.79 Å². The van der Waals surface area contributed by atoms with Gasteiger partial charge in [-0.05, 0) is 25.3 Å². The van der Waals surface area contributed by atoms with Crippen LogP contribution >= 0.6 is 0 Å². The third kappa shape index (κ3) is 6.17. The van der Waals surface area contributed by atoms with Crippen LogP contribution in [0.15, 0.2) is 23.8 Å². The normalized spacial score (nSPS) is 15.6. The predicted molar refractivity (Wildman–Crippen MR) is 66.8 cm³/mol. The maximum Gasteiger partial charge on any atom is 0.136 e. The van der Waals surface area contributed by atoms with Crippen molar-refractivity contribution in [3.63, 3.8) is 0 Å². The Labute approximate surface area is 103 Å². The fourth-order valence-corrected chi connectivity index (χ4v) is 1.64. The standard InChI is InChI=1S/C14H20O3/c1-11(3-4-12(2)15)9-17-10-13-5-7-14(16)8-6-13/h5H,1,3-4,6-10H2,2H3. The van der Waals surface area contributed by atoms with Crippen LogP contribution in [0, 0.1) is 0 Å². The van der Waals surface area contributed by atoms with E-state index in [-0.39, 0.29) is 5.78 Å². The Morgan fingerprint density at radius 1 is 1.41 bits per heavy atom.